The van der Waals surface area contributed by atoms with Gasteiger partial charge in [-0.15, -0.1) is 0 Å². The van der Waals surface area contributed by atoms with Crippen LogP contribution >= 0.6 is 0 Å². The summed E-state index contributed by atoms with van der Waals surface area (Å²) in [5.41, 5.74) is 21.3. The maximum atomic E-state index is 7.20. The summed E-state index contributed by atoms with van der Waals surface area (Å²) in [7, 11) is 0. The van der Waals surface area contributed by atoms with E-state index < -0.39 is 10.8 Å². The molecule has 3 heteroatoms. The van der Waals surface area contributed by atoms with Crippen molar-refractivity contribution in [1.29, 1.82) is 0 Å². The lowest BCUT2D eigenvalue weighted by molar-refractivity contribution is 0.433. The second-order valence-corrected chi connectivity index (χ2v) is 26.9. The van der Waals surface area contributed by atoms with Gasteiger partial charge in [0.05, 0.1) is 22.2 Å². The third kappa shape index (κ3) is 7.03. The zero-order valence-electron chi connectivity index (χ0n) is 47.8. The first kappa shape index (κ1) is 49.2. The molecule has 14 rings (SSSR count). The molecule has 10 aromatic carbocycles. The van der Waals surface area contributed by atoms with Gasteiger partial charge in [0, 0.05) is 38.9 Å². The highest BCUT2D eigenvalue weighted by Crippen LogP contribution is 2.67. The van der Waals surface area contributed by atoms with Crippen molar-refractivity contribution in [3.63, 3.8) is 0 Å². The third-order valence-electron chi connectivity index (χ3n) is 18.0. The van der Waals surface area contributed by atoms with Crippen LogP contribution in [0.3, 0.4) is 0 Å². The van der Waals surface area contributed by atoms with Crippen molar-refractivity contribution in [1.82, 2.24) is 0 Å². The molecule has 0 unspecified atom stereocenters. The monoisotopic (exact) mass is 1030 g/mol. The molecule has 2 aliphatic carbocycles. The largest absolute Gasteiger partial charge is 0.457 e. The van der Waals surface area contributed by atoms with Crippen LogP contribution < -0.4 is 14.4 Å². The van der Waals surface area contributed by atoms with Crippen LogP contribution in [0.5, 0.6) is 23.0 Å². The quantitative estimate of drug-likeness (QED) is 0.176. The van der Waals surface area contributed by atoms with Crippen molar-refractivity contribution in [2.75, 3.05) is 4.90 Å². The van der Waals surface area contributed by atoms with Gasteiger partial charge in [-0.25, -0.2) is 0 Å². The highest BCUT2D eigenvalue weighted by Gasteiger charge is 2.54. The molecule has 0 saturated heterocycles. The summed E-state index contributed by atoms with van der Waals surface area (Å²) in [6.45, 7) is 27.9. The molecule has 0 atom stereocenters. The fourth-order valence-electron chi connectivity index (χ4n) is 13.9. The molecule has 2 heterocycles. The van der Waals surface area contributed by atoms with E-state index >= 15 is 0 Å². The molecule has 3 nitrogen and oxygen atoms in total. The molecule has 0 saturated carbocycles. The summed E-state index contributed by atoms with van der Waals surface area (Å²) in [4.78, 5) is 2.57. The fraction of sp³-hybridized carbons (Fsp3) is 0.237. The van der Waals surface area contributed by atoms with Gasteiger partial charge in [0.15, 0.2) is 0 Å². The number of para-hydroxylation sites is 1. The van der Waals surface area contributed by atoms with E-state index in [0.717, 1.165) is 51.2 Å². The van der Waals surface area contributed by atoms with Gasteiger partial charge < -0.3 is 14.4 Å². The Morgan fingerprint density at radius 1 is 0.304 bits per heavy atom. The Morgan fingerprint density at radius 3 is 1.32 bits per heavy atom. The summed E-state index contributed by atoms with van der Waals surface area (Å²) in [6, 6.07) is 76.2. The maximum Gasteiger partial charge on any atom is 0.132 e. The molecule has 0 bridgehead atoms. The molecular formula is C76H69NO2. The number of anilines is 3. The van der Waals surface area contributed by atoms with Gasteiger partial charge in [-0.05, 0) is 149 Å². The topological polar surface area (TPSA) is 21.7 Å². The Hall–Kier alpha value is -8.14. The van der Waals surface area contributed by atoms with Crippen molar-refractivity contribution >= 4 is 27.8 Å². The van der Waals surface area contributed by atoms with Crippen LogP contribution in [0.2, 0.25) is 0 Å². The predicted molar refractivity (Wildman–Crippen MR) is 328 cm³/mol. The number of hydrogen-bond acceptors (Lipinski definition) is 3. The highest BCUT2D eigenvalue weighted by atomic mass is 16.5. The summed E-state index contributed by atoms with van der Waals surface area (Å²) >= 11 is 0. The molecule has 0 N–H and O–H groups in total. The molecule has 4 aliphatic rings. The van der Waals surface area contributed by atoms with Gasteiger partial charge in [0.1, 0.15) is 23.0 Å². The predicted octanol–water partition coefficient (Wildman–Crippen LogP) is 20.4. The number of ether oxygens (including phenoxy) is 2. The van der Waals surface area contributed by atoms with E-state index in [1.54, 1.807) is 0 Å². The van der Waals surface area contributed by atoms with Crippen LogP contribution in [0.25, 0.3) is 33.0 Å². The Labute approximate surface area is 467 Å². The minimum Gasteiger partial charge on any atom is -0.457 e. The second kappa shape index (κ2) is 16.7. The number of hydrogen-bond donors (Lipinski definition) is 0. The lowest BCUT2D eigenvalue weighted by atomic mass is 9.64. The van der Waals surface area contributed by atoms with Crippen molar-refractivity contribution in [3.8, 4) is 45.3 Å². The molecule has 2 spiro atoms. The smallest absolute Gasteiger partial charge is 0.132 e. The molecular weight excluding hydrogens is 959 g/mol. The van der Waals surface area contributed by atoms with Crippen molar-refractivity contribution in [2.24, 2.45) is 0 Å². The standard InChI is InChI=1S/C76H69NO2/c1-71(2,3)47-31-36-53-54-37-32-48(72(4,5)6)42-60(54)76(59(53)41-47)57-26-17-18-30-66(57)78-69-40-35-51(45-63(69)76)77(64-28-19-22-46-21-13-14-23-52(46)64)65-29-20-27-58-70(65)55-24-15-16-25-56(55)75(58)61-43-49(73(7,8)9)33-38-67(61)79-68-39-34-50(44-62(68)75)74(10,11)12/h13-45H,1-12H3. The number of rotatable bonds is 3. The average molecular weight is 1030 g/mol. The molecule has 0 aromatic heterocycles. The Balaban J connectivity index is 1.10. The van der Waals surface area contributed by atoms with Crippen LogP contribution in [-0.2, 0) is 32.5 Å². The van der Waals surface area contributed by atoms with Crippen LogP contribution in [0.1, 0.15) is 150 Å². The molecule has 10 aromatic rings. The Kier molecular flexibility index (Phi) is 10.4. The van der Waals surface area contributed by atoms with E-state index in [1.165, 1.54) is 88.7 Å². The number of nitrogens with zero attached hydrogens (tertiary/aromatic N) is 1. The molecule has 2 aliphatic heterocycles. The van der Waals surface area contributed by atoms with E-state index in [1.807, 2.05) is 0 Å². The Bertz CT molecular complexity index is 4070. The molecule has 0 amide bonds. The minimum atomic E-state index is -0.710. The fourth-order valence-corrected chi connectivity index (χ4v) is 13.9. The van der Waals surface area contributed by atoms with Crippen LogP contribution in [0.15, 0.2) is 200 Å². The highest BCUT2D eigenvalue weighted by molar-refractivity contribution is 6.04. The first-order valence-corrected chi connectivity index (χ1v) is 28.4. The third-order valence-corrected chi connectivity index (χ3v) is 18.0. The summed E-state index contributed by atoms with van der Waals surface area (Å²) < 4.78 is 14.3. The van der Waals surface area contributed by atoms with Crippen LogP contribution in [0.4, 0.5) is 17.1 Å². The summed E-state index contributed by atoms with van der Waals surface area (Å²) in [5.74, 6) is 3.54. The Morgan fingerprint density at radius 2 is 0.722 bits per heavy atom. The lowest BCUT2D eigenvalue weighted by Crippen LogP contribution is -2.33. The normalized spacial score (nSPS) is 15.0. The van der Waals surface area contributed by atoms with E-state index in [9.17, 15) is 0 Å². The summed E-state index contributed by atoms with van der Waals surface area (Å²) in [5, 5.41) is 2.35. The number of fused-ring (bicyclic) bond motifs is 19. The van der Waals surface area contributed by atoms with Crippen LogP contribution in [0, 0.1) is 0 Å². The van der Waals surface area contributed by atoms with Gasteiger partial charge >= 0.3 is 0 Å². The van der Waals surface area contributed by atoms with Gasteiger partial charge in [-0.3, -0.25) is 0 Å². The molecule has 0 radical (unpaired) electrons. The summed E-state index contributed by atoms with van der Waals surface area (Å²) in [6.07, 6.45) is 0. The van der Waals surface area contributed by atoms with E-state index in [4.69, 9.17) is 9.47 Å². The van der Waals surface area contributed by atoms with Crippen LogP contribution in [-0.4, -0.2) is 0 Å². The first-order valence-electron chi connectivity index (χ1n) is 28.4. The average Bonchev–Trinajstić information content (AvgIpc) is 2.87. The lowest BCUT2D eigenvalue weighted by Gasteiger charge is -2.41. The van der Waals surface area contributed by atoms with E-state index in [0.29, 0.717) is 0 Å². The number of benzene rings is 10. The van der Waals surface area contributed by atoms with Gasteiger partial charge in [0.2, 0.25) is 0 Å². The SMILES string of the molecule is CC(C)(C)c1ccc2c(c1)C1(c3cc(C(C)(C)C)ccc3O2)c2ccccc2-c2c(N(c3ccc4c(c3)C3(c5ccccc5O4)c4cc(C(C)(C)C)ccc4-c4ccc(C(C)(C)C)cc43)c3cccc4ccccc34)cccc21. The minimum absolute atomic E-state index is 0.0858. The van der Waals surface area contributed by atoms with Crippen molar-refractivity contribution in [2.45, 2.75) is 116 Å². The van der Waals surface area contributed by atoms with E-state index in [-0.39, 0.29) is 21.7 Å². The van der Waals surface area contributed by atoms with Crippen molar-refractivity contribution < 1.29 is 9.47 Å². The van der Waals surface area contributed by atoms with Gasteiger partial charge in [-0.1, -0.05) is 223 Å². The van der Waals surface area contributed by atoms with Gasteiger partial charge in [-0.2, -0.15) is 0 Å². The van der Waals surface area contributed by atoms with E-state index in [2.05, 4.69) is 288 Å². The zero-order chi connectivity index (χ0) is 54.8. The maximum absolute atomic E-state index is 7.20. The first-order chi connectivity index (χ1) is 37.7. The van der Waals surface area contributed by atoms with Crippen molar-refractivity contribution in [3.05, 3.63) is 267 Å². The second-order valence-electron chi connectivity index (χ2n) is 26.9. The zero-order valence-corrected chi connectivity index (χ0v) is 47.8. The molecule has 79 heavy (non-hydrogen) atoms. The van der Waals surface area contributed by atoms with Gasteiger partial charge in [0.25, 0.3) is 0 Å². The molecule has 0 fully saturated rings. The molecule has 390 valence electrons.